The van der Waals surface area contributed by atoms with Crippen molar-refractivity contribution in [2.24, 2.45) is 0 Å². The molecule has 0 radical (unpaired) electrons. The highest BCUT2D eigenvalue weighted by molar-refractivity contribution is 7.92. The van der Waals surface area contributed by atoms with Crippen molar-refractivity contribution in [3.8, 4) is 11.5 Å². The minimum absolute atomic E-state index is 0.0644. The van der Waals surface area contributed by atoms with E-state index < -0.39 is 15.9 Å². The summed E-state index contributed by atoms with van der Waals surface area (Å²) in [6.45, 7) is 0.117. The van der Waals surface area contributed by atoms with Crippen LogP contribution in [0.4, 0.5) is 5.69 Å². The number of carbonyl (C=O) groups excluding carboxylic acids is 1. The van der Waals surface area contributed by atoms with Gasteiger partial charge in [-0.1, -0.05) is 48.5 Å². The third kappa shape index (κ3) is 5.91. The smallest absolute Gasteiger partial charge is 0.264 e. The Morgan fingerprint density at radius 3 is 2.20 bits per heavy atom. The third-order valence-electron chi connectivity index (χ3n) is 5.39. The van der Waals surface area contributed by atoms with E-state index >= 15 is 0 Å². The van der Waals surface area contributed by atoms with E-state index in [0.717, 1.165) is 15.1 Å². The number of rotatable bonds is 10. The SMILES string of the molecule is COc1ccc(S(=O)(=O)N(CC(=O)NCCOc2ccc3ccccc3c2)c2ccccc2)cc1. The predicted molar refractivity (Wildman–Crippen MR) is 136 cm³/mol. The highest BCUT2D eigenvalue weighted by Crippen LogP contribution is 2.25. The van der Waals surface area contributed by atoms with Crippen LogP contribution >= 0.6 is 0 Å². The Labute approximate surface area is 205 Å². The second-order valence-corrected chi connectivity index (χ2v) is 9.59. The average molecular weight is 491 g/mol. The van der Waals surface area contributed by atoms with Gasteiger partial charge in [-0.05, 0) is 59.3 Å². The summed E-state index contributed by atoms with van der Waals surface area (Å²) in [5, 5.41) is 4.93. The predicted octanol–water partition coefficient (Wildman–Crippen LogP) is 4.24. The number of fused-ring (bicyclic) bond motifs is 1. The van der Waals surface area contributed by atoms with E-state index in [1.54, 1.807) is 42.5 Å². The van der Waals surface area contributed by atoms with Crippen LogP contribution in [0.15, 0.2) is 102 Å². The topological polar surface area (TPSA) is 84.9 Å². The largest absolute Gasteiger partial charge is 0.497 e. The molecule has 0 heterocycles. The number of anilines is 1. The molecule has 8 heteroatoms. The Bertz CT molecular complexity index is 1390. The fourth-order valence-corrected chi connectivity index (χ4v) is 5.01. The van der Waals surface area contributed by atoms with Crippen LogP contribution in [0.2, 0.25) is 0 Å². The highest BCUT2D eigenvalue weighted by Gasteiger charge is 2.27. The second kappa shape index (κ2) is 10.9. The molecule has 0 aliphatic rings. The number of benzene rings is 4. The van der Waals surface area contributed by atoms with Crippen LogP contribution in [0, 0.1) is 0 Å². The molecule has 4 rings (SSSR count). The minimum Gasteiger partial charge on any atom is -0.497 e. The van der Waals surface area contributed by atoms with E-state index in [1.807, 2.05) is 42.5 Å². The van der Waals surface area contributed by atoms with Gasteiger partial charge in [-0.25, -0.2) is 8.42 Å². The first-order chi connectivity index (χ1) is 17.0. The minimum atomic E-state index is -3.98. The first-order valence-corrected chi connectivity index (χ1v) is 12.5. The summed E-state index contributed by atoms with van der Waals surface area (Å²) in [6.07, 6.45) is 0. The zero-order chi connectivity index (χ0) is 24.7. The van der Waals surface area contributed by atoms with Crippen LogP contribution in [-0.2, 0) is 14.8 Å². The average Bonchev–Trinajstić information content (AvgIpc) is 2.90. The van der Waals surface area contributed by atoms with Crippen molar-refractivity contribution in [1.29, 1.82) is 0 Å². The number of para-hydroxylation sites is 1. The molecule has 1 amide bonds. The summed E-state index contributed by atoms with van der Waals surface area (Å²) < 4.78 is 38.7. The van der Waals surface area contributed by atoms with Crippen LogP contribution < -0.4 is 19.1 Å². The van der Waals surface area contributed by atoms with Crippen molar-refractivity contribution in [1.82, 2.24) is 5.32 Å². The Kier molecular flexibility index (Phi) is 7.52. The molecule has 0 saturated heterocycles. The van der Waals surface area contributed by atoms with Gasteiger partial charge in [0.15, 0.2) is 0 Å². The summed E-state index contributed by atoms with van der Waals surface area (Å²) in [5.74, 6) is 0.804. The molecule has 0 atom stereocenters. The van der Waals surface area contributed by atoms with Crippen LogP contribution in [0.1, 0.15) is 0 Å². The number of amides is 1. The molecule has 0 aromatic heterocycles. The molecule has 7 nitrogen and oxygen atoms in total. The van der Waals surface area contributed by atoms with Gasteiger partial charge in [0.1, 0.15) is 24.7 Å². The van der Waals surface area contributed by atoms with E-state index in [2.05, 4.69) is 5.32 Å². The van der Waals surface area contributed by atoms with E-state index in [1.165, 1.54) is 19.2 Å². The van der Waals surface area contributed by atoms with Crippen molar-refractivity contribution < 1.29 is 22.7 Å². The first kappa shape index (κ1) is 24.1. The molecule has 35 heavy (non-hydrogen) atoms. The molecule has 0 aliphatic heterocycles. The van der Waals surface area contributed by atoms with E-state index in [0.29, 0.717) is 17.2 Å². The molecule has 0 unspecified atom stereocenters. The quantitative estimate of drug-likeness (QED) is 0.336. The van der Waals surface area contributed by atoms with E-state index in [-0.39, 0.29) is 24.6 Å². The molecule has 0 fully saturated rings. The van der Waals surface area contributed by atoms with E-state index in [4.69, 9.17) is 9.47 Å². The van der Waals surface area contributed by atoms with Crippen LogP contribution in [0.3, 0.4) is 0 Å². The maximum Gasteiger partial charge on any atom is 0.264 e. The number of carbonyl (C=O) groups is 1. The molecule has 0 spiro atoms. The van der Waals surface area contributed by atoms with Crippen molar-refractivity contribution in [3.63, 3.8) is 0 Å². The lowest BCUT2D eigenvalue weighted by molar-refractivity contribution is -0.119. The molecule has 180 valence electrons. The Balaban J connectivity index is 1.40. The van der Waals surface area contributed by atoms with Crippen LogP contribution in [0.25, 0.3) is 10.8 Å². The lowest BCUT2D eigenvalue weighted by Crippen LogP contribution is -2.41. The maximum atomic E-state index is 13.4. The van der Waals surface area contributed by atoms with Crippen molar-refractivity contribution >= 4 is 32.4 Å². The highest BCUT2D eigenvalue weighted by atomic mass is 32.2. The normalized spacial score (nSPS) is 11.1. The lowest BCUT2D eigenvalue weighted by atomic mass is 10.1. The number of methoxy groups -OCH3 is 1. The molecule has 4 aromatic rings. The Hall–Kier alpha value is -4.04. The van der Waals surface area contributed by atoms with Gasteiger partial charge in [-0.15, -0.1) is 0 Å². The second-order valence-electron chi connectivity index (χ2n) is 7.73. The molecule has 4 aromatic carbocycles. The number of ether oxygens (including phenoxy) is 2. The van der Waals surface area contributed by atoms with Crippen LogP contribution in [-0.4, -0.2) is 41.1 Å². The van der Waals surface area contributed by atoms with Crippen molar-refractivity contribution in [3.05, 3.63) is 97.1 Å². The monoisotopic (exact) mass is 490 g/mol. The number of hydrogen-bond donors (Lipinski definition) is 1. The summed E-state index contributed by atoms with van der Waals surface area (Å²) in [4.78, 5) is 12.8. The van der Waals surface area contributed by atoms with Gasteiger partial charge >= 0.3 is 0 Å². The van der Waals surface area contributed by atoms with Crippen LogP contribution in [0.5, 0.6) is 11.5 Å². The number of sulfonamides is 1. The molecule has 0 saturated carbocycles. The zero-order valence-electron chi connectivity index (χ0n) is 19.3. The van der Waals surface area contributed by atoms with Gasteiger partial charge in [0.25, 0.3) is 10.0 Å². The molecule has 0 bridgehead atoms. The number of hydrogen-bond acceptors (Lipinski definition) is 5. The third-order valence-corrected chi connectivity index (χ3v) is 7.18. The van der Waals surface area contributed by atoms with Gasteiger partial charge in [-0.2, -0.15) is 0 Å². The molecule has 0 aliphatic carbocycles. The van der Waals surface area contributed by atoms with Gasteiger partial charge in [0, 0.05) is 0 Å². The van der Waals surface area contributed by atoms with Gasteiger partial charge in [0.2, 0.25) is 5.91 Å². The van der Waals surface area contributed by atoms with Gasteiger partial charge < -0.3 is 14.8 Å². The maximum absolute atomic E-state index is 13.4. The van der Waals surface area contributed by atoms with Crippen molar-refractivity contribution in [2.75, 3.05) is 31.1 Å². The number of nitrogens with one attached hydrogen (secondary N) is 1. The summed E-state index contributed by atoms with van der Waals surface area (Å²) in [5.41, 5.74) is 0.394. The van der Waals surface area contributed by atoms with Gasteiger partial charge in [-0.3, -0.25) is 9.10 Å². The Morgan fingerprint density at radius 1 is 0.829 bits per heavy atom. The fraction of sp³-hybridized carbons (Fsp3) is 0.148. The zero-order valence-corrected chi connectivity index (χ0v) is 20.1. The summed E-state index contributed by atoms with van der Waals surface area (Å²) in [7, 11) is -2.48. The summed E-state index contributed by atoms with van der Waals surface area (Å²) in [6, 6.07) is 28.4. The van der Waals surface area contributed by atoms with Crippen molar-refractivity contribution in [2.45, 2.75) is 4.90 Å². The summed E-state index contributed by atoms with van der Waals surface area (Å²) >= 11 is 0. The first-order valence-electron chi connectivity index (χ1n) is 11.1. The standard InChI is InChI=1S/C27H26N2O5S/c1-33-24-13-15-26(16-14-24)35(31,32)29(23-9-3-2-4-10-23)20-27(30)28-17-18-34-25-12-11-21-7-5-6-8-22(21)19-25/h2-16,19H,17-18,20H2,1H3,(H,28,30). The van der Waals surface area contributed by atoms with E-state index in [9.17, 15) is 13.2 Å². The molecular weight excluding hydrogens is 464 g/mol. The number of nitrogens with zero attached hydrogens (tertiary/aromatic N) is 1. The van der Waals surface area contributed by atoms with Gasteiger partial charge in [0.05, 0.1) is 24.2 Å². The lowest BCUT2D eigenvalue weighted by Gasteiger charge is -2.24. The Morgan fingerprint density at radius 2 is 1.49 bits per heavy atom. The fourth-order valence-electron chi connectivity index (χ4n) is 3.59. The molecule has 1 N–H and O–H groups in total. The molecular formula is C27H26N2O5S.